The van der Waals surface area contributed by atoms with Gasteiger partial charge in [-0.05, 0) is 56.7 Å². The zero-order chi connectivity index (χ0) is 27.1. The molecule has 3 heterocycles. The summed E-state index contributed by atoms with van der Waals surface area (Å²) in [4.78, 5) is 39.1. The Morgan fingerprint density at radius 3 is 2.71 bits per heavy atom. The van der Waals surface area contributed by atoms with E-state index in [1.54, 1.807) is 17.9 Å². The Bertz CT molecular complexity index is 1370. The molecule has 0 unspecified atom stereocenters. The summed E-state index contributed by atoms with van der Waals surface area (Å²) in [5.41, 5.74) is 2.30. The van der Waals surface area contributed by atoms with E-state index in [2.05, 4.69) is 20.3 Å². The molecule has 3 N–H and O–H groups in total. The van der Waals surface area contributed by atoms with Crippen LogP contribution in [0.15, 0.2) is 24.5 Å². The minimum absolute atomic E-state index is 0.0133. The fourth-order valence-corrected chi connectivity index (χ4v) is 4.93. The van der Waals surface area contributed by atoms with Crippen molar-refractivity contribution in [2.75, 3.05) is 19.7 Å². The van der Waals surface area contributed by atoms with E-state index in [1.807, 2.05) is 6.92 Å². The average molecular weight is 528 g/mol. The van der Waals surface area contributed by atoms with Crippen LogP contribution < -0.4 is 10.1 Å². The highest BCUT2D eigenvalue weighted by atomic mass is 19.3. The number of H-pyrrole nitrogens is 1. The van der Waals surface area contributed by atoms with Crippen LogP contribution in [0.2, 0.25) is 0 Å². The van der Waals surface area contributed by atoms with Gasteiger partial charge in [0.2, 0.25) is 0 Å². The second-order valence-electron chi connectivity index (χ2n) is 10.4. The number of aliphatic hydroxyl groups is 1. The first-order valence-electron chi connectivity index (χ1n) is 12.8. The van der Waals surface area contributed by atoms with Crippen molar-refractivity contribution < 1.29 is 28.2 Å². The number of nitrogens with one attached hydrogen (secondary N) is 2. The van der Waals surface area contributed by atoms with Crippen molar-refractivity contribution in [2.45, 2.75) is 52.2 Å². The monoisotopic (exact) mass is 527 g/mol. The summed E-state index contributed by atoms with van der Waals surface area (Å²) in [6.07, 6.45) is -0.293. The molecule has 1 aliphatic heterocycles. The molecule has 3 atom stereocenters. The minimum atomic E-state index is -2.66. The SMILES string of the molecule is Cc1[nH]c2c(-c3cc(C(F)F)ccc3OCC3CC3)ncnc2c1C(=O)N[C@@H]1CN(C(=O)[C@H](C)O)C[C@H]1C. The molecule has 0 bridgehead atoms. The summed E-state index contributed by atoms with van der Waals surface area (Å²) in [6, 6.07) is 3.96. The Morgan fingerprint density at radius 2 is 2.03 bits per heavy atom. The van der Waals surface area contributed by atoms with Gasteiger partial charge in [-0.3, -0.25) is 9.59 Å². The number of alkyl halides is 2. The van der Waals surface area contributed by atoms with Crippen LogP contribution in [0.4, 0.5) is 8.78 Å². The predicted octanol–water partition coefficient (Wildman–Crippen LogP) is 3.62. The van der Waals surface area contributed by atoms with Crippen LogP contribution >= 0.6 is 0 Å². The van der Waals surface area contributed by atoms with Gasteiger partial charge in [-0.1, -0.05) is 6.92 Å². The molecule has 9 nitrogen and oxygen atoms in total. The molecule has 1 aliphatic carbocycles. The van der Waals surface area contributed by atoms with E-state index in [0.29, 0.717) is 64.9 Å². The number of hydrogen-bond acceptors (Lipinski definition) is 6. The minimum Gasteiger partial charge on any atom is -0.493 e. The van der Waals surface area contributed by atoms with Crippen LogP contribution in [0.25, 0.3) is 22.3 Å². The number of likely N-dealkylation sites (tertiary alicyclic amines) is 1. The van der Waals surface area contributed by atoms with Crippen molar-refractivity contribution in [3.05, 3.63) is 41.3 Å². The molecule has 202 valence electrons. The van der Waals surface area contributed by atoms with Gasteiger partial charge < -0.3 is 25.0 Å². The topological polar surface area (TPSA) is 120 Å². The smallest absolute Gasteiger partial charge is 0.263 e. The highest BCUT2D eigenvalue weighted by molar-refractivity contribution is 6.09. The van der Waals surface area contributed by atoms with Gasteiger partial charge in [-0.2, -0.15) is 0 Å². The molecule has 5 rings (SSSR count). The van der Waals surface area contributed by atoms with Crippen molar-refractivity contribution in [3.8, 4) is 17.0 Å². The number of ether oxygens (including phenoxy) is 1. The normalized spacial score (nSPS) is 20.2. The first-order valence-corrected chi connectivity index (χ1v) is 12.8. The summed E-state index contributed by atoms with van der Waals surface area (Å²) >= 11 is 0. The summed E-state index contributed by atoms with van der Waals surface area (Å²) in [6.45, 7) is 6.31. The molecule has 2 aromatic heterocycles. The number of nitrogens with zero attached hydrogens (tertiary/aromatic N) is 3. The maximum absolute atomic E-state index is 13.6. The Balaban J connectivity index is 1.47. The second kappa shape index (κ2) is 10.3. The van der Waals surface area contributed by atoms with Gasteiger partial charge in [0.05, 0.1) is 23.7 Å². The van der Waals surface area contributed by atoms with Crippen molar-refractivity contribution in [1.82, 2.24) is 25.2 Å². The van der Waals surface area contributed by atoms with Gasteiger partial charge in [-0.15, -0.1) is 0 Å². The molecule has 11 heteroatoms. The van der Waals surface area contributed by atoms with Crippen molar-refractivity contribution in [1.29, 1.82) is 0 Å². The van der Waals surface area contributed by atoms with Gasteiger partial charge in [-0.25, -0.2) is 18.7 Å². The quantitative estimate of drug-likeness (QED) is 0.412. The summed E-state index contributed by atoms with van der Waals surface area (Å²) < 4.78 is 33.1. The number of fused-ring (bicyclic) bond motifs is 1. The number of hydrogen-bond donors (Lipinski definition) is 3. The molecule has 3 aromatic rings. The Morgan fingerprint density at radius 1 is 1.26 bits per heavy atom. The van der Waals surface area contributed by atoms with E-state index in [0.717, 1.165) is 12.8 Å². The van der Waals surface area contributed by atoms with Crippen molar-refractivity contribution in [2.24, 2.45) is 11.8 Å². The van der Waals surface area contributed by atoms with Crippen molar-refractivity contribution in [3.63, 3.8) is 0 Å². The van der Waals surface area contributed by atoms with E-state index < -0.39 is 12.5 Å². The summed E-state index contributed by atoms with van der Waals surface area (Å²) in [7, 11) is 0. The number of aliphatic hydroxyl groups excluding tert-OH is 1. The van der Waals surface area contributed by atoms with Crippen LogP contribution in [-0.4, -0.2) is 68.6 Å². The molecule has 1 aromatic carbocycles. The summed E-state index contributed by atoms with van der Waals surface area (Å²) in [5, 5.41) is 12.6. The molecular weight excluding hydrogens is 496 g/mol. The maximum Gasteiger partial charge on any atom is 0.263 e. The number of aryl methyl sites for hydroxylation is 1. The molecule has 38 heavy (non-hydrogen) atoms. The van der Waals surface area contributed by atoms with E-state index in [1.165, 1.54) is 25.4 Å². The molecule has 2 fully saturated rings. The standard InChI is InChI=1S/C27H31F2N5O4/c1-13-9-34(27(37)15(3)35)10-19(13)33-26(36)21-14(2)32-24-22(30-12-31-23(21)24)18-8-17(25(28)29)6-7-20(18)38-11-16-4-5-16/h6-8,12-13,15-16,19,25,32,35H,4-5,9-11H2,1-3H3,(H,33,36)/t13-,15+,19-/m1/s1. The number of carbonyl (C=O) groups excluding carboxylic acids is 2. The maximum atomic E-state index is 13.6. The van der Waals surface area contributed by atoms with Gasteiger partial charge in [0.25, 0.3) is 18.2 Å². The Kier molecular flexibility index (Phi) is 7.04. The Labute approximate surface area is 218 Å². The fraction of sp³-hybridized carbons (Fsp3) is 0.481. The summed E-state index contributed by atoms with van der Waals surface area (Å²) in [5.74, 6) is 0.159. The zero-order valence-corrected chi connectivity index (χ0v) is 21.5. The molecule has 1 saturated carbocycles. The lowest BCUT2D eigenvalue weighted by Crippen LogP contribution is -2.42. The first kappa shape index (κ1) is 26.0. The van der Waals surface area contributed by atoms with Crippen LogP contribution in [0.5, 0.6) is 5.75 Å². The van der Waals surface area contributed by atoms with Crippen LogP contribution in [-0.2, 0) is 4.79 Å². The third kappa shape index (κ3) is 5.07. The van der Waals surface area contributed by atoms with E-state index in [-0.39, 0.29) is 29.3 Å². The molecule has 2 aliphatic rings. The lowest BCUT2D eigenvalue weighted by Gasteiger charge is -2.18. The number of benzene rings is 1. The zero-order valence-electron chi connectivity index (χ0n) is 21.5. The van der Waals surface area contributed by atoms with Gasteiger partial charge in [0.15, 0.2) is 0 Å². The highest BCUT2D eigenvalue weighted by Crippen LogP contribution is 2.38. The van der Waals surface area contributed by atoms with Gasteiger partial charge >= 0.3 is 0 Å². The Hall–Kier alpha value is -3.60. The number of carbonyl (C=O) groups is 2. The molecule has 1 saturated heterocycles. The number of aromatic amines is 1. The second-order valence-corrected chi connectivity index (χ2v) is 10.4. The van der Waals surface area contributed by atoms with Crippen LogP contribution in [0.1, 0.15) is 54.7 Å². The third-order valence-electron chi connectivity index (χ3n) is 7.28. The molecule has 0 radical (unpaired) electrons. The molecule has 0 spiro atoms. The van der Waals surface area contributed by atoms with E-state index in [4.69, 9.17) is 4.74 Å². The van der Waals surface area contributed by atoms with Gasteiger partial charge in [0, 0.05) is 29.9 Å². The number of rotatable bonds is 8. The van der Waals surface area contributed by atoms with Crippen LogP contribution in [0, 0.1) is 18.8 Å². The number of amides is 2. The number of aromatic nitrogens is 3. The lowest BCUT2D eigenvalue weighted by molar-refractivity contribution is -0.138. The third-order valence-corrected chi connectivity index (χ3v) is 7.28. The molecular formula is C27H31F2N5O4. The van der Waals surface area contributed by atoms with Crippen molar-refractivity contribution >= 4 is 22.8 Å². The van der Waals surface area contributed by atoms with E-state index in [9.17, 15) is 23.5 Å². The number of halogens is 2. The average Bonchev–Trinajstić information content (AvgIpc) is 3.55. The fourth-order valence-electron chi connectivity index (χ4n) is 4.93. The first-order chi connectivity index (χ1) is 18.1. The lowest BCUT2D eigenvalue weighted by atomic mass is 10.0. The largest absolute Gasteiger partial charge is 0.493 e. The highest BCUT2D eigenvalue weighted by Gasteiger charge is 2.35. The van der Waals surface area contributed by atoms with Gasteiger partial charge in [0.1, 0.15) is 29.4 Å². The van der Waals surface area contributed by atoms with E-state index >= 15 is 0 Å². The van der Waals surface area contributed by atoms with Crippen LogP contribution in [0.3, 0.4) is 0 Å². The predicted molar refractivity (Wildman–Crippen MR) is 136 cm³/mol. The molecule has 2 amide bonds.